The lowest BCUT2D eigenvalue weighted by atomic mass is 9.90. The highest BCUT2D eigenvalue weighted by molar-refractivity contribution is 7.93. The highest BCUT2D eigenvalue weighted by atomic mass is 32.2. The third-order valence-corrected chi connectivity index (χ3v) is 6.40. The zero-order valence-electron chi connectivity index (χ0n) is 11.8. The number of nitrogens with two attached hydrogens (primary N) is 1. The smallest absolute Gasteiger partial charge is 0.176 e. The Bertz CT molecular complexity index is 745. The predicted molar refractivity (Wildman–Crippen MR) is 77.2 cm³/mol. The molecule has 1 unspecified atom stereocenters. The lowest BCUT2D eigenvalue weighted by molar-refractivity contribution is 0.552. The molecule has 1 fully saturated rings. The normalized spacial score (nSPS) is 19.6. The summed E-state index contributed by atoms with van der Waals surface area (Å²) >= 11 is 0. The highest BCUT2D eigenvalue weighted by Crippen LogP contribution is 2.50. The summed E-state index contributed by atoms with van der Waals surface area (Å²) in [7, 11) is -7.21. The van der Waals surface area contributed by atoms with Crippen molar-refractivity contribution >= 4 is 19.7 Å². The van der Waals surface area contributed by atoms with Gasteiger partial charge in [0.2, 0.25) is 0 Å². The van der Waals surface area contributed by atoms with E-state index >= 15 is 0 Å². The molecule has 0 aromatic heterocycles. The molecule has 2 rings (SSSR count). The van der Waals surface area contributed by atoms with Crippen molar-refractivity contribution in [1.82, 2.24) is 0 Å². The standard InChI is InChI=1S/C13H19NO4S2/c1-9(14)13(6-7-13)10-4-5-11(19(2,15)16)12(8-10)20(3,17)18/h4-5,8-9H,6-7,14H2,1-3H3. The van der Waals surface area contributed by atoms with Crippen molar-refractivity contribution in [3.63, 3.8) is 0 Å². The molecule has 1 aliphatic carbocycles. The molecule has 20 heavy (non-hydrogen) atoms. The van der Waals surface area contributed by atoms with Gasteiger partial charge in [-0.3, -0.25) is 0 Å². The van der Waals surface area contributed by atoms with Gasteiger partial charge in [0.05, 0.1) is 9.79 Å². The third-order valence-electron chi connectivity index (χ3n) is 3.98. The fourth-order valence-corrected chi connectivity index (χ4v) is 4.98. The molecule has 0 spiro atoms. The van der Waals surface area contributed by atoms with E-state index in [0.29, 0.717) is 0 Å². The van der Waals surface area contributed by atoms with Crippen molar-refractivity contribution < 1.29 is 16.8 Å². The quantitative estimate of drug-likeness (QED) is 0.889. The molecule has 0 radical (unpaired) electrons. The van der Waals surface area contributed by atoms with E-state index in [4.69, 9.17) is 5.73 Å². The van der Waals surface area contributed by atoms with Gasteiger partial charge < -0.3 is 5.73 Å². The molecule has 0 bridgehead atoms. The molecule has 0 amide bonds. The number of hydrogen-bond acceptors (Lipinski definition) is 5. The van der Waals surface area contributed by atoms with E-state index in [1.165, 1.54) is 12.1 Å². The maximum Gasteiger partial charge on any atom is 0.176 e. The molecule has 1 aliphatic rings. The van der Waals surface area contributed by atoms with Gasteiger partial charge in [0.25, 0.3) is 0 Å². The second-order valence-electron chi connectivity index (χ2n) is 5.65. The minimum atomic E-state index is -3.62. The maximum absolute atomic E-state index is 11.9. The van der Waals surface area contributed by atoms with Crippen LogP contribution in [0.2, 0.25) is 0 Å². The van der Waals surface area contributed by atoms with Crippen LogP contribution in [0.5, 0.6) is 0 Å². The molecular formula is C13H19NO4S2. The Morgan fingerprint density at radius 2 is 1.55 bits per heavy atom. The molecule has 1 aromatic carbocycles. The lowest BCUT2D eigenvalue weighted by Crippen LogP contribution is -2.31. The van der Waals surface area contributed by atoms with E-state index in [1.807, 2.05) is 6.92 Å². The van der Waals surface area contributed by atoms with Crippen LogP contribution in [0.4, 0.5) is 0 Å². The van der Waals surface area contributed by atoms with Crippen LogP contribution in [0.25, 0.3) is 0 Å². The van der Waals surface area contributed by atoms with Crippen LogP contribution in [0.3, 0.4) is 0 Å². The van der Waals surface area contributed by atoms with Crippen LogP contribution >= 0.6 is 0 Å². The molecule has 5 nitrogen and oxygen atoms in total. The second kappa shape index (κ2) is 4.54. The largest absolute Gasteiger partial charge is 0.327 e. The van der Waals surface area contributed by atoms with E-state index in [-0.39, 0.29) is 21.2 Å². The summed E-state index contributed by atoms with van der Waals surface area (Å²) in [5.74, 6) is 0. The minimum Gasteiger partial charge on any atom is -0.327 e. The van der Waals surface area contributed by atoms with Crippen molar-refractivity contribution in [2.75, 3.05) is 12.5 Å². The van der Waals surface area contributed by atoms with Crippen molar-refractivity contribution in [1.29, 1.82) is 0 Å². The van der Waals surface area contributed by atoms with Gasteiger partial charge in [0, 0.05) is 24.0 Å². The summed E-state index contributed by atoms with van der Waals surface area (Å²) in [4.78, 5) is -0.284. The van der Waals surface area contributed by atoms with Gasteiger partial charge in [-0.1, -0.05) is 6.07 Å². The molecule has 7 heteroatoms. The van der Waals surface area contributed by atoms with Crippen LogP contribution in [0.1, 0.15) is 25.3 Å². The summed E-state index contributed by atoms with van der Waals surface area (Å²) in [6.45, 7) is 1.89. The maximum atomic E-state index is 11.9. The SMILES string of the molecule is CC(N)C1(c2ccc(S(C)(=O)=O)c(S(C)(=O)=O)c2)CC1. The van der Waals surface area contributed by atoms with Crippen LogP contribution < -0.4 is 5.73 Å². The molecule has 1 saturated carbocycles. The zero-order chi connectivity index (χ0) is 15.3. The Morgan fingerprint density at radius 1 is 1.05 bits per heavy atom. The number of rotatable bonds is 4. The number of hydrogen-bond donors (Lipinski definition) is 1. The topological polar surface area (TPSA) is 94.3 Å². The molecule has 0 saturated heterocycles. The van der Waals surface area contributed by atoms with Crippen molar-refractivity contribution in [2.24, 2.45) is 5.73 Å². The van der Waals surface area contributed by atoms with Crippen molar-refractivity contribution in [3.8, 4) is 0 Å². The summed E-state index contributed by atoms with van der Waals surface area (Å²) in [6, 6.07) is 4.44. The van der Waals surface area contributed by atoms with Crippen LogP contribution in [-0.2, 0) is 25.1 Å². The molecule has 1 aromatic rings. The Labute approximate surface area is 120 Å². The third kappa shape index (κ3) is 2.62. The summed E-state index contributed by atoms with van der Waals surface area (Å²) in [6.07, 6.45) is 3.82. The zero-order valence-corrected chi connectivity index (χ0v) is 13.4. The van der Waals surface area contributed by atoms with Crippen molar-refractivity contribution in [3.05, 3.63) is 23.8 Å². The van der Waals surface area contributed by atoms with E-state index in [0.717, 1.165) is 30.9 Å². The molecular weight excluding hydrogens is 298 g/mol. The Hall–Kier alpha value is -0.920. The lowest BCUT2D eigenvalue weighted by Gasteiger charge is -2.21. The van der Waals surface area contributed by atoms with Gasteiger partial charge in [0.15, 0.2) is 19.7 Å². The van der Waals surface area contributed by atoms with E-state index < -0.39 is 19.7 Å². The van der Waals surface area contributed by atoms with Crippen LogP contribution in [0.15, 0.2) is 28.0 Å². The first-order valence-corrected chi connectivity index (χ1v) is 10.1. The van der Waals surface area contributed by atoms with E-state index in [1.54, 1.807) is 6.07 Å². The summed E-state index contributed by atoms with van der Waals surface area (Å²) < 4.78 is 47.2. The molecule has 2 N–H and O–H groups in total. The van der Waals surface area contributed by atoms with Gasteiger partial charge in [-0.2, -0.15) is 0 Å². The van der Waals surface area contributed by atoms with Crippen LogP contribution in [-0.4, -0.2) is 35.4 Å². The number of sulfone groups is 2. The highest BCUT2D eigenvalue weighted by Gasteiger charge is 2.47. The first kappa shape index (κ1) is 15.5. The number of benzene rings is 1. The van der Waals surface area contributed by atoms with E-state index in [2.05, 4.69) is 0 Å². The molecule has 112 valence electrons. The average Bonchev–Trinajstić information content (AvgIpc) is 3.06. The summed E-state index contributed by atoms with van der Waals surface area (Å²) in [5, 5.41) is 0. The Morgan fingerprint density at radius 3 is 1.90 bits per heavy atom. The van der Waals surface area contributed by atoms with Gasteiger partial charge in [-0.05, 0) is 37.5 Å². The first-order chi connectivity index (χ1) is 8.98. The first-order valence-electron chi connectivity index (χ1n) is 6.29. The molecule has 0 aliphatic heterocycles. The fourth-order valence-electron chi connectivity index (χ4n) is 2.56. The Balaban J connectivity index is 2.69. The Kier molecular flexibility index (Phi) is 3.51. The van der Waals surface area contributed by atoms with Crippen LogP contribution in [0, 0.1) is 0 Å². The second-order valence-corrected chi connectivity index (χ2v) is 9.62. The van der Waals surface area contributed by atoms with Crippen molar-refractivity contribution in [2.45, 2.75) is 41.0 Å². The van der Waals surface area contributed by atoms with Gasteiger partial charge in [0.1, 0.15) is 0 Å². The van der Waals surface area contributed by atoms with Gasteiger partial charge in [-0.25, -0.2) is 16.8 Å². The molecule has 0 heterocycles. The van der Waals surface area contributed by atoms with Gasteiger partial charge in [-0.15, -0.1) is 0 Å². The van der Waals surface area contributed by atoms with E-state index in [9.17, 15) is 16.8 Å². The van der Waals surface area contributed by atoms with Gasteiger partial charge >= 0.3 is 0 Å². The monoisotopic (exact) mass is 317 g/mol. The minimum absolute atomic E-state index is 0.0982. The molecule has 1 atom stereocenters. The summed E-state index contributed by atoms with van der Waals surface area (Å²) in [5.41, 5.74) is 6.57. The average molecular weight is 317 g/mol. The predicted octanol–water partition coefficient (Wildman–Crippen LogP) is 0.872. The fraction of sp³-hybridized carbons (Fsp3) is 0.538.